The molecule has 1 heterocycles. The molecule has 0 saturated heterocycles. The van der Waals surface area contributed by atoms with Crippen LogP contribution in [-0.4, -0.2) is 11.0 Å². The van der Waals surface area contributed by atoms with Gasteiger partial charge in [-0.2, -0.15) is 0 Å². The monoisotopic (exact) mass is 219 g/mol. The minimum atomic E-state index is 0.455. The highest BCUT2D eigenvalue weighted by atomic mass is 15.0. The van der Waals surface area contributed by atoms with Crippen LogP contribution < -0.4 is 11.1 Å². The van der Waals surface area contributed by atoms with Crippen molar-refractivity contribution in [2.24, 2.45) is 5.41 Å². The Morgan fingerprint density at radius 3 is 2.81 bits per heavy atom. The molecule has 3 nitrogen and oxygen atoms in total. The molecule has 2 rings (SSSR count). The van der Waals surface area contributed by atoms with Gasteiger partial charge in [-0.05, 0) is 43.7 Å². The molecule has 1 aliphatic rings. The van der Waals surface area contributed by atoms with Gasteiger partial charge in [-0.1, -0.05) is 13.8 Å². The molecular formula is C13H21N3. The number of anilines is 2. The summed E-state index contributed by atoms with van der Waals surface area (Å²) in [6.45, 7) is 6.63. The number of rotatable bonds is 2. The van der Waals surface area contributed by atoms with Crippen LogP contribution in [0.15, 0.2) is 12.1 Å². The van der Waals surface area contributed by atoms with Crippen LogP contribution in [-0.2, 0) is 0 Å². The summed E-state index contributed by atoms with van der Waals surface area (Å²) >= 11 is 0. The lowest BCUT2D eigenvalue weighted by molar-refractivity contribution is 0.378. The van der Waals surface area contributed by atoms with Crippen LogP contribution >= 0.6 is 0 Å². The van der Waals surface area contributed by atoms with Gasteiger partial charge in [0.15, 0.2) is 0 Å². The molecule has 1 saturated carbocycles. The number of nitrogens with zero attached hydrogens (tertiary/aromatic N) is 1. The van der Waals surface area contributed by atoms with Crippen molar-refractivity contribution >= 4 is 11.5 Å². The van der Waals surface area contributed by atoms with Gasteiger partial charge in [0.2, 0.25) is 0 Å². The van der Waals surface area contributed by atoms with E-state index in [0.717, 1.165) is 17.2 Å². The van der Waals surface area contributed by atoms with E-state index < -0.39 is 0 Å². The summed E-state index contributed by atoms with van der Waals surface area (Å²) in [7, 11) is 0. The van der Waals surface area contributed by atoms with Crippen molar-refractivity contribution in [1.82, 2.24) is 4.98 Å². The molecule has 0 aromatic carbocycles. The van der Waals surface area contributed by atoms with E-state index in [2.05, 4.69) is 24.1 Å². The number of aryl methyl sites for hydroxylation is 1. The zero-order chi connectivity index (χ0) is 11.8. The number of nitrogens with one attached hydrogen (secondary N) is 1. The smallest absolute Gasteiger partial charge is 0.149 e. The molecule has 0 spiro atoms. The maximum absolute atomic E-state index is 5.91. The van der Waals surface area contributed by atoms with Crippen molar-refractivity contribution in [2.45, 2.75) is 46.1 Å². The fraction of sp³-hybridized carbons (Fsp3) is 0.615. The highest BCUT2D eigenvalue weighted by Crippen LogP contribution is 2.38. The van der Waals surface area contributed by atoms with Crippen LogP contribution in [0.5, 0.6) is 0 Å². The second-order valence-electron chi connectivity index (χ2n) is 5.64. The Morgan fingerprint density at radius 2 is 2.19 bits per heavy atom. The zero-order valence-corrected chi connectivity index (χ0v) is 10.4. The Bertz CT molecular complexity index is 385. The fourth-order valence-corrected chi connectivity index (χ4v) is 2.44. The molecule has 1 aromatic rings. The molecule has 0 radical (unpaired) electrons. The van der Waals surface area contributed by atoms with Crippen molar-refractivity contribution in [2.75, 3.05) is 11.1 Å². The third-order valence-electron chi connectivity index (χ3n) is 3.38. The summed E-state index contributed by atoms with van der Waals surface area (Å²) in [5.74, 6) is 0.850. The Morgan fingerprint density at radius 1 is 1.44 bits per heavy atom. The van der Waals surface area contributed by atoms with Gasteiger partial charge in [0.05, 0.1) is 5.69 Å². The van der Waals surface area contributed by atoms with Crippen LogP contribution in [0.3, 0.4) is 0 Å². The van der Waals surface area contributed by atoms with Gasteiger partial charge in [0, 0.05) is 11.7 Å². The highest BCUT2D eigenvalue weighted by molar-refractivity contribution is 5.61. The van der Waals surface area contributed by atoms with Gasteiger partial charge < -0.3 is 11.1 Å². The van der Waals surface area contributed by atoms with Crippen LogP contribution in [0.25, 0.3) is 0 Å². The molecule has 0 aliphatic heterocycles. The normalized spacial score (nSPS) is 23.3. The summed E-state index contributed by atoms with van der Waals surface area (Å²) in [5, 5.41) is 3.47. The highest BCUT2D eigenvalue weighted by Gasteiger charge is 2.31. The first-order valence-corrected chi connectivity index (χ1v) is 5.96. The summed E-state index contributed by atoms with van der Waals surface area (Å²) in [4.78, 5) is 4.45. The first-order valence-electron chi connectivity index (χ1n) is 5.96. The topological polar surface area (TPSA) is 50.9 Å². The number of nitrogen functional groups attached to an aromatic ring is 1. The van der Waals surface area contributed by atoms with E-state index in [-0.39, 0.29) is 0 Å². The number of nitrogens with two attached hydrogens (primary N) is 1. The summed E-state index contributed by atoms with van der Waals surface area (Å²) in [5.41, 5.74) is 8.12. The lowest BCUT2D eigenvalue weighted by atomic mass is 9.92. The molecule has 1 atom stereocenters. The fourth-order valence-electron chi connectivity index (χ4n) is 2.44. The van der Waals surface area contributed by atoms with E-state index in [0.29, 0.717) is 11.5 Å². The van der Waals surface area contributed by atoms with Crippen LogP contribution in [0.2, 0.25) is 0 Å². The molecule has 1 unspecified atom stereocenters. The average Bonchev–Trinajstić information content (AvgIpc) is 2.52. The molecule has 1 aliphatic carbocycles. The summed E-state index contributed by atoms with van der Waals surface area (Å²) in [6.07, 6.45) is 3.68. The Kier molecular flexibility index (Phi) is 2.78. The lowest BCUT2D eigenvalue weighted by Gasteiger charge is -2.19. The first-order chi connectivity index (χ1) is 7.46. The Balaban J connectivity index is 2.07. The third kappa shape index (κ3) is 2.46. The SMILES string of the molecule is Cc1ccc(N)c(NC2CCC(C)(C)C2)n1. The van der Waals surface area contributed by atoms with Crippen molar-refractivity contribution in [3.8, 4) is 0 Å². The van der Waals surface area contributed by atoms with Crippen molar-refractivity contribution in [1.29, 1.82) is 0 Å². The van der Waals surface area contributed by atoms with Crippen LogP contribution in [0, 0.1) is 12.3 Å². The number of pyridine rings is 1. The molecule has 1 fully saturated rings. The molecular weight excluding hydrogens is 198 g/mol. The van der Waals surface area contributed by atoms with Gasteiger partial charge in [-0.15, -0.1) is 0 Å². The van der Waals surface area contributed by atoms with Crippen molar-refractivity contribution < 1.29 is 0 Å². The number of hydrogen-bond acceptors (Lipinski definition) is 3. The third-order valence-corrected chi connectivity index (χ3v) is 3.38. The van der Waals surface area contributed by atoms with Gasteiger partial charge in [-0.3, -0.25) is 0 Å². The standard InChI is InChI=1S/C13H21N3/c1-9-4-5-11(14)12(15-9)16-10-6-7-13(2,3)8-10/h4-5,10H,6-8,14H2,1-3H3,(H,15,16). The largest absolute Gasteiger partial charge is 0.396 e. The van der Waals surface area contributed by atoms with Gasteiger partial charge in [0.25, 0.3) is 0 Å². The number of aromatic nitrogens is 1. The predicted octanol–water partition coefficient (Wildman–Crippen LogP) is 2.96. The second kappa shape index (κ2) is 3.96. The van der Waals surface area contributed by atoms with Gasteiger partial charge in [-0.25, -0.2) is 4.98 Å². The predicted molar refractivity (Wildman–Crippen MR) is 68.4 cm³/mol. The zero-order valence-electron chi connectivity index (χ0n) is 10.4. The van der Waals surface area contributed by atoms with Gasteiger partial charge in [0.1, 0.15) is 5.82 Å². The maximum Gasteiger partial charge on any atom is 0.149 e. The molecule has 3 heteroatoms. The lowest BCUT2D eigenvalue weighted by Crippen LogP contribution is -2.19. The Hall–Kier alpha value is -1.25. The van der Waals surface area contributed by atoms with E-state index in [1.807, 2.05) is 19.1 Å². The van der Waals surface area contributed by atoms with E-state index in [9.17, 15) is 0 Å². The Labute approximate surface area is 97.5 Å². The second-order valence-corrected chi connectivity index (χ2v) is 5.64. The van der Waals surface area contributed by atoms with Crippen LogP contribution in [0.4, 0.5) is 11.5 Å². The minimum absolute atomic E-state index is 0.455. The number of hydrogen-bond donors (Lipinski definition) is 2. The summed E-state index contributed by atoms with van der Waals surface area (Å²) in [6, 6.07) is 4.38. The van der Waals surface area contributed by atoms with Crippen molar-refractivity contribution in [3.05, 3.63) is 17.8 Å². The van der Waals surface area contributed by atoms with Crippen molar-refractivity contribution in [3.63, 3.8) is 0 Å². The minimum Gasteiger partial charge on any atom is -0.396 e. The maximum atomic E-state index is 5.91. The quantitative estimate of drug-likeness (QED) is 0.804. The van der Waals surface area contributed by atoms with E-state index >= 15 is 0 Å². The van der Waals surface area contributed by atoms with Gasteiger partial charge >= 0.3 is 0 Å². The average molecular weight is 219 g/mol. The molecule has 3 N–H and O–H groups in total. The first kappa shape index (κ1) is 11.2. The molecule has 1 aromatic heterocycles. The molecule has 0 amide bonds. The van der Waals surface area contributed by atoms with E-state index in [1.165, 1.54) is 19.3 Å². The molecule has 16 heavy (non-hydrogen) atoms. The van der Waals surface area contributed by atoms with E-state index in [1.54, 1.807) is 0 Å². The summed E-state index contributed by atoms with van der Waals surface area (Å²) < 4.78 is 0. The van der Waals surface area contributed by atoms with Crippen LogP contribution in [0.1, 0.15) is 38.8 Å². The van der Waals surface area contributed by atoms with E-state index in [4.69, 9.17) is 5.73 Å². The molecule has 0 bridgehead atoms. The molecule has 88 valence electrons.